The largest absolute Gasteiger partial charge is 0.378 e. The fraction of sp³-hybridized carbons (Fsp3) is 1.00. The quantitative estimate of drug-likeness (QED) is 0.832. The summed E-state index contributed by atoms with van der Waals surface area (Å²) in [5.74, 6) is 1.49. The van der Waals surface area contributed by atoms with E-state index in [1.165, 1.54) is 25.9 Å². The summed E-state index contributed by atoms with van der Waals surface area (Å²) in [7, 11) is 0. The molecule has 3 nitrogen and oxygen atoms in total. The molecule has 2 heterocycles. The monoisotopic (exact) mass is 254 g/mol. The minimum atomic E-state index is 0.457. The van der Waals surface area contributed by atoms with E-state index in [9.17, 15) is 0 Å². The van der Waals surface area contributed by atoms with Crippen molar-refractivity contribution in [3.05, 3.63) is 0 Å². The Balaban J connectivity index is 1.87. The van der Waals surface area contributed by atoms with Crippen LogP contribution in [-0.2, 0) is 4.74 Å². The maximum absolute atomic E-state index is 5.69. The van der Waals surface area contributed by atoms with Gasteiger partial charge in [0.1, 0.15) is 0 Å². The Morgan fingerprint density at radius 2 is 2.00 bits per heavy atom. The van der Waals surface area contributed by atoms with Crippen LogP contribution in [0.2, 0.25) is 0 Å². The maximum Gasteiger partial charge on any atom is 0.0588 e. The van der Waals surface area contributed by atoms with Crippen molar-refractivity contribution in [3.63, 3.8) is 0 Å². The summed E-state index contributed by atoms with van der Waals surface area (Å²) >= 11 is 0. The molecule has 2 rings (SSSR count). The van der Waals surface area contributed by atoms with Gasteiger partial charge in [0.25, 0.3) is 0 Å². The van der Waals surface area contributed by atoms with Crippen molar-refractivity contribution in [1.82, 2.24) is 10.2 Å². The summed E-state index contributed by atoms with van der Waals surface area (Å²) in [5.41, 5.74) is 0. The van der Waals surface area contributed by atoms with Crippen LogP contribution in [0.5, 0.6) is 0 Å². The Kier molecular flexibility index (Phi) is 5.05. The van der Waals surface area contributed by atoms with Gasteiger partial charge in [-0.15, -0.1) is 0 Å². The first kappa shape index (κ1) is 14.3. The van der Waals surface area contributed by atoms with Gasteiger partial charge in [-0.2, -0.15) is 0 Å². The number of nitrogens with one attached hydrogen (secondary N) is 1. The van der Waals surface area contributed by atoms with Crippen LogP contribution in [0.4, 0.5) is 0 Å². The molecule has 2 saturated heterocycles. The first-order valence-electron chi connectivity index (χ1n) is 7.72. The molecule has 0 aromatic heterocycles. The fourth-order valence-corrected chi connectivity index (χ4v) is 3.56. The molecule has 2 fully saturated rings. The van der Waals surface area contributed by atoms with Crippen LogP contribution in [0.1, 0.15) is 40.5 Å². The number of rotatable bonds is 4. The number of piperidine rings is 1. The Hall–Kier alpha value is -0.120. The predicted molar refractivity (Wildman–Crippen MR) is 75.8 cm³/mol. The van der Waals surface area contributed by atoms with Gasteiger partial charge in [0, 0.05) is 25.2 Å². The maximum atomic E-state index is 5.69. The van der Waals surface area contributed by atoms with Gasteiger partial charge in [-0.1, -0.05) is 13.8 Å². The number of ether oxygens (including phenoxy) is 1. The summed E-state index contributed by atoms with van der Waals surface area (Å²) < 4.78 is 5.69. The van der Waals surface area contributed by atoms with Crippen molar-refractivity contribution in [3.8, 4) is 0 Å². The van der Waals surface area contributed by atoms with E-state index in [1.54, 1.807) is 0 Å². The van der Waals surface area contributed by atoms with Gasteiger partial charge in [-0.05, 0) is 51.6 Å². The zero-order valence-corrected chi connectivity index (χ0v) is 12.5. The van der Waals surface area contributed by atoms with E-state index in [-0.39, 0.29) is 0 Å². The second kappa shape index (κ2) is 6.36. The van der Waals surface area contributed by atoms with E-state index in [0.29, 0.717) is 18.2 Å². The van der Waals surface area contributed by atoms with Gasteiger partial charge in [-0.3, -0.25) is 4.90 Å². The molecule has 0 radical (unpaired) electrons. The van der Waals surface area contributed by atoms with Crippen LogP contribution < -0.4 is 5.32 Å². The second-order valence-corrected chi connectivity index (χ2v) is 6.17. The fourth-order valence-electron chi connectivity index (χ4n) is 3.56. The molecule has 1 N–H and O–H groups in total. The van der Waals surface area contributed by atoms with Crippen LogP contribution >= 0.6 is 0 Å². The van der Waals surface area contributed by atoms with Gasteiger partial charge in [0.15, 0.2) is 0 Å². The average Bonchev–Trinajstić information content (AvgIpc) is 2.75. The van der Waals surface area contributed by atoms with E-state index >= 15 is 0 Å². The minimum absolute atomic E-state index is 0.457. The molecule has 3 heteroatoms. The highest BCUT2D eigenvalue weighted by Crippen LogP contribution is 2.28. The van der Waals surface area contributed by atoms with Crippen molar-refractivity contribution in [2.75, 3.05) is 26.2 Å². The lowest BCUT2D eigenvalue weighted by atomic mass is 9.86. The topological polar surface area (TPSA) is 24.5 Å². The molecule has 0 amide bonds. The van der Waals surface area contributed by atoms with Crippen molar-refractivity contribution in [1.29, 1.82) is 0 Å². The third-order valence-electron chi connectivity index (χ3n) is 5.17. The van der Waals surface area contributed by atoms with Gasteiger partial charge < -0.3 is 10.1 Å². The summed E-state index contributed by atoms with van der Waals surface area (Å²) in [4.78, 5) is 2.69. The lowest BCUT2D eigenvalue weighted by molar-refractivity contribution is 0.0482. The van der Waals surface area contributed by atoms with Crippen molar-refractivity contribution >= 4 is 0 Å². The molecule has 5 unspecified atom stereocenters. The van der Waals surface area contributed by atoms with E-state index in [2.05, 4.69) is 37.9 Å². The highest BCUT2D eigenvalue weighted by atomic mass is 16.5. The normalized spacial score (nSPS) is 42.3. The van der Waals surface area contributed by atoms with Gasteiger partial charge in [0.2, 0.25) is 0 Å². The van der Waals surface area contributed by atoms with Crippen LogP contribution in [0, 0.1) is 11.8 Å². The van der Waals surface area contributed by atoms with E-state index < -0.39 is 0 Å². The molecule has 0 aromatic carbocycles. The summed E-state index contributed by atoms with van der Waals surface area (Å²) in [6, 6.07) is 1.40. The Labute approximate surface area is 112 Å². The van der Waals surface area contributed by atoms with Crippen LogP contribution in [-0.4, -0.2) is 49.3 Å². The number of hydrogen-bond acceptors (Lipinski definition) is 3. The third kappa shape index (κ3) is 3.06. The van der Waals surface area contributed by atoms with Gasteiger partial charge in [-0.25, -0.2) is 0 Å². The zero-order valence-electron chi connectivity index (χ0n) is 12.5. The summed E-state index contributed by atoms with van der Waals surface area (Å²) in [6.07, 6.45) is 3.00. The third-order valence-corrected chi connectivity index (χ3v) is 5.17. The van der Waals surface area contributed by atoms with Crippen molar-refractivity contribution in [2.24, 2.45) is 11.8 Å². The highest BCUT2D eigenvalue weighted by Gasteiger charge is 2.34. The zero-order chi connectivity index (χ0) is 13.1. The standard InChI is InChI=1S/C15H30N2O/c1-5-16-15-6-8-17(12(3)11(15)2)10-14-7-9-18-13(14)4/h11-16H,5-10H2,1-4H3. The molecule has 0 spiro atoms. The molecule has 0 bridgehead atoms. The first-order chi connectivity index (χ1) is 8.63. The van der Waals surface area contributed by atoms with E-state index in [4.69, 9.17) is 4.74 Å². The predicted octanol–water partition coefficient (Wildman–Crippen LogP) is 2.12. The Morgan fingerprint density at radius 1 is 1.22 bits per heavy atom. The summed E-state index contributed by atoms with van der Waals surface area (Å²) in [5, 5.41) is 3.64. The molecule has 106 valence electrons. The van der Waals surface area contributed by atoms with Crippen LogP contribution in [0.25, 0.3) is 0 Å². The molecule has 18 heavy (non-hydrogen) atoms. The Morgan fingerprint density at radius 3 is 2.61 bits per heavy atom. The lowest BCUT2D eigenvalue weighted by Crippen LogP contribution is -2.54. The average molecular weight is 254 g/mol. The van der Waals surface area contributed by atoms with Crippen molar-refractivity contribution < 1.29 is 4.74 Å². The molecule has 0 aromatic rings. The summed E-state index contributed by atoms with van der Waals surface area (Å²) in [6.45, 7) is 13.8. The molecule has 5 atom stereocenters. The highest BCUT2D eigenvalue weighted by molar-refractivity contribution is 4.90. The number of hydrogen-bond donors (Lipinski definition) is 1. The molecule has 0 aliphatic carbocycles. The lowest BCUT2D eigenvalue weighted by Gasteiger charge is -2.44. The van der Waals surface area contributed by atoms with E-state index in [0.717, 1.165) is 25.0 Å². The molecule has 2 aliphatic heterocycles. The number of nitrogens with zero attached hydrogens (tertiary/aromatic N) is 1. The minimum Gasteiger partial charge on any atom is -0.378 e. The molecular weight excluding hydrogens is 224 g/mol. The van der Waals surface area contributed by atoms with E-state index in [1.807, 2.05) is 0 Å². The van der Waals surface area contributed by atoms with Crippen molar-refractivity contribution in [2.45, 2.75) is 58.7 Å². The van der Waals surface area contributed by atoms with Gasteiger partial charge >= 0.3 is 0 Å². The smallest absolute Gasteiger partial charge is 0.0588 e. The molecular formula is C15H30N2O. The van der Waals surface area contributed by atoms with Gasteiger partial charge in [0.05, 0.1) is 6.10 Å². The Bertz CT molecular complexity index is 259. The molecule has 2 aliphatic rings. The first-order valence-corrected chi connectivity index (χ1v) is 7.72. The van der Waals surface area contributed by atoms with Crippen LogP contribution in [0.15, 0.2) is 0 Å². The molecule has 0 saturated carbocycles. The van der Waals surface area contributed by atoms with Crippen LogP contribution in [0.3, 0.4) is 0 Å². The second-order valence-electron chi connectivity index (χ2n) is 6.17. The SMILES string of the molecule is CCNC1CCN(CC2CCOC2C)C(C)C1C. The number of likely N-dealkylation sites (tertiary alicyclic amines) is 1.